The predicted molar refractivity (Wildman–Crippen MR) is 67.6 cm³/mol. The molecule has 1 aromatic heterocycles. The monoisotopic (exact) mass is 250 g/mol. The first-order valence-electron chi connectivity index (χ1n) is 6.50. The van der Waals surface area contributed by atoms with Crippen molar-refractivity contribution < 1.29 is 9.18 Å². The van der Waals surface area contributed by atoms with Crippen molar-refractivity contribution in [2.45, 2.75) is 39.2 Å². The van der Waals surface area contributed by atoms with Crippen LogP contribution < -0.4 is 5.32 Å². The van der Waals surface area contributed by atoms with Gasteiger partial charge in [-0.2, -0.15) is 4.39 Å². The van der Waals surface area contributed by atoms with Gasteiger partial charge in [0.05, 0.1) is 0 Å². The van der Waals surface area contributed by atoms with Crippen LogP contribution in [0.5, 0.6) is 0 Å². The van der Waals surface area contributed by atoms with Gasteiger partial charge in [-0.1, -0.05) is 26.7 Å². The first-order chi connectivity index (χ1) is 8.58. The Balaban J connectivity index is 2.03. The summed E-state index contributed by atoms with van der Waals surface area (Å²) in [6.45, 7) is 4.39. The second-order valence-corrected chi connectivity index (χ2v) is 5.21. The molecule has 1 fully saturated rings. The standard InChI is InChI=1S/C14H19FN2O/c1-9-4-3-5-12(10(9)2)17-14(18)11-6-7-16-13(15)8-11/h6-10,12H,3-5H2,1-2H3,(H,17,18)/t9-,10-,12-/m0/s1. The fourth-order valence-corrected chi connectivity index (χ4v) is 2.58. The van der Waals surface area contributed by atoms with E-state index in [1.165, 1.54) is 24.8 Å². The molecule has 3 nitrogen and oxygen atoms in total. The van der Waals surface area contributed by atoms with Crippen molar-refractivity contribution >= 4 is 5.91 Å². The van der Waals surface area contributed by atoms with Gasteiger partial charge < -0.3 is 5.32 Å². The molecule has 0 aromatic carbocycles. The van der Waals surface area contributed by atoms with E-state index in [9.17, 15) is 9.18 Å². The van der Waals surface area contributed by atoms with Crippen LogP contribution in [0.2, 0.25) is 0 Å². The number of aromatic nitrogens is 1. The van der Waals surface area contributed by atoms with E-state index >= 15 is 0 Å². The van der Waals surface area contributed by atoms with Crippen molar-refractivity contribution in [3.63, 3.8) is 0 Å². The molecule has 98 valence electrons. The Bertz CT molecular complexity index is 436. The summed E-state index contributed by atoms with van der Waals surface area (Å²) in [5.41, 5.74) is 0.341. The van der Waals surface area contributed by atoms with Gasteiger partial charge in [0.2, 0.25) is 5.95 Å². The van der Waals surface area contributed by atoms with Crippen molar-refractivity contribution in [1.82, 2.24) is 10.3 Å². The third kappa shape index (κ3) is 2.86. The Morgan fingerprint density at radius 1 is 1.44 bits per heavy atom. The quantitative estimate of drug-likeness (QED) is 0.820. The van der Waals surface area contributed by atoms with Crippen LogP contribution in [-0.4, -0.2) is 16.9 Å². The topological polar surface area (TPSA) is 42.0 Å². The zero-order valence-corrected chi connectivity index (χ0v) is 10.8. The van der Waals surface area contributed by atoms with E-state index in [0.717, 1.165) is 12.8 Å². The number of hydrogen-bond donors (Lipinski definition) is 1. The molecule has 1 aliphatic carbocycles. The molecule has 2 rings (SSSR count). The molecule has 18 heavy (non-hydrogen) atoms. The Morgan fingerprint density at radius 3 is 2.94 bits per heavy atom. The lowest BCUT2D eigenvalue weighted by atomic mass is 9.78. The van der Waals surface area contributed by atoms with E-state index in [-0.39, 0.29) is 11.9 Å². The molecular weight excluding hydrogens is 231 g/mol. The van der Waals surface area contributed by atoms with E-state index in [2.05, 4.69) is 24.1 Å². The molecule has 0 bridgehead atoms. The van der Waals surface area contributed by atoms with Gasteiger partial charge in [-0.25, -0.2) is 4.98 Å². The van der Waals surface area contributed by atoms with E-state index in [1.54, 1.807) is 0 Å². The average molecular weight is 250 g/mol. The zero-order chi connectivity index (χ0) is 13.1. The molecule has 0 saturated heterocycles. The maximum absolute atomic E-state index is 13.0. The highest BCUT2D eigenvalue weighted by Gasteiger charge is 2.28. The number of nitrogens with one attached hydrogen (secondary N) is 1. The largest absolute Gasteiger partial charge is 0.349 e. The summed E-state index contributed by atoms with van der Waals surface area (Å²) in [4.78, 5) is 15.5. The first-order valence-corrected chi connectivity index (χ1v) is 6.50. The Kier molecular flexibility index (Phi) is 3.94. The lowest BCUT2D eigenvalue weighted by Gasteiger charge is -2.34. The van der Waals surface area contributed by atoms with Crippen LogP contribution in [-0.2, 0) is 0 Å². The minimum absolute atomic E-state index is 0.192. The molecule has 1 aromatic rings. The summed E-state index contributed by atoms with van der Waals surface area (Å²) in [7, 11) is 0. The molecule has 4 heteroatoms. The molecule has 0 radical (unpaired) electrons. The van der Waals surface area contributed by atoms with Crippen molar-refractivity contribution in [2.75, 3.05) is 0 Å². The van der Waals surface area contributed by atoms with Gasteiger partial charge in [0.25, 0.3) is 5.91 Å². The van der Waals surface area contributed by atoms with Gasteiger partial charge in [0.1, 0.15) is 0 Å². The number of hydrogen-bond acceptors (Lipinski definition) is 2. The number of halogens is 1. The molecule has 1 amide bonds. The van der Waals surface area contributed by atoms with E-state index in [4.69, 9.17) is 0 Å². The Labute approximate surface area is 107 Å². The molecule has 1 heterocycles. The van der Waals surface area contributed by atoms with Crippen LogP contribution in [0.15, 0.2) is 18.3 Å². The molecule has 1 saturated carbocycles. The number of nitrogens with zero attached hydrogens (tertiary/aromatic N) is 1. The molecule has 0 unspecified atom stereocenters. The van der Waals surface area contributed by atoms with Crippen molar-refractivity contribution in [2.24, 2.45) is 11.8 Å². The van der Waals surface area contributed by atoms with Crippen LogP contribution >= 0.6 is 0 Å². The Morgan fingerprint density at radius 2 is 2.22 bits per heavy atom. The lowest BCUT2D eigenvalue weighted by molar-refractivity contribution is 0.0890. The van der Waals surface area contributed by atoms with Crippen molar-refractivity contribution in [3.05, 3.63) is 29.8 Å². The summed E-state index contributed by atoms with van der Waals surface area (Å²) < 4.78 is 13.0. The van der Waals surface area contributed by atoms with Gasteiger partial charge in [0, 0.05) is 23.9 Å². The van der Waals surface area contributed by atoms with Gasteiger partial charge in [-0.15, -0.1) is 0 Å². The number of rotatable bonds is 2. The first kappa shape index (κ1) is 13.0. The predicted octanol–water partition coefficient (Wildman–Crippen LogP) is 2.78. The third-order valence-corrected chi connectivity index (χ3v) is 4.01. The molecule has 3 atom stereocenters. The highest BCUT2D eigenvalue weighted by atomic mass is 19.1. The van der Waals surface area contributed by atoms with Gasteiger partial charge in [-0.05, 0) is 24.3 Å². The van der Waals surface area contributed by atoms with Gasteiger partial charge in [0.15, 0.2) is 0 Å². The normalized spacial score (nSPS) is 27.8. The van der Waals surface area contributed by atoms with E-state index < -0.39 is 5.95 Å². The summed E-state index contributed by atoms with van der Waals surface area (Å²) in [6, 6.07) is 2.90. The summed E-state index contributed by atoms with van der Waals surface area (Å²) in [5.74, 6) is 0.266. The van der Waals surface area contributed by atoms with E-state index in [1.807, 2.05) is 0 Å². The number of pyridine rings is 1. The van der Waals surface area contributed by atoms with Crippen LogP contribution in [0.3, 0.4) is 0 Å². The van der Waals surface area contributed by atoms with Gasteiger partial charge in [-0.3, -0.25) is 4.79 Å². The Hall–Kier alpha value is -1.45. The zero-order valence-electron chi connectivity index (χ0n) is 10.8. The van der Waals surface area contributed by atoms with Crippen LogP contribution in [0.25, 0.3) is 0 Å². The number of carbonyl (C=O) groups is 1. The second kappa shape index (κ2) is 5.46. The second-order valence-electron chi connectivity index (χ2n) is 5.21. The molecule has 1 aliphatic rings. The van der Waals surface area contributed by atoms with E-state index in [0.29, 0.717) is 17.4 Å². The van der Waals surface area contributed by atoms with Crippen LogP contribution in [0, 0.1) is 17.8 Å². The maximum Gasteiger partial charge on any atom is 0.251 e. The molecular formula is C14H19FN2O. The SMILES string of the molecule is C[C@@H]1[C@@H](NC(=O)c2ccnc(F)c2)CCC[C@@H]1C. The minimum atomic E-state index is -0.618. The summed E-state index contributed by atoms with van der Waals surface area (Å²) in [5, 5.41) is 3.01. The summed E-state index contributed by atoms with van der Waals surface area (Å²) in [6.07, 6.45) is 4.68. The van der Waals surface area contributed by atoms with Crippen LogP contribution in [0.1, 0.15) is 43.5 Å². The van der Waals surface area contributed by atoms with Crippen molar-refractivity contribution in [1.29, 1.82) is 0 Å². The minimum Gasteiger partial charge on any atom is -0.349 e. The number of carbonyl (C=O) groups excluding carboxylic acids is 1. The lowest BCUT2D eigenvalue weighted by Crippen LogP contribution is -2.43. The highest BCUT2D eigenvalue weighted by Crippen LogP contribution is 2.29. The summed E-state index contributed by atoms with van der Waals surface area (Å²) >= 11 is 0. The average Bonchev–Trinajstić information content (AvgIpc) is 2.35. The molecule has 0 aliphatic heterocycles. The van der Waals surface area contributed by atoms with Gasteiger partial charge >= 0.3 is 0 Å². The maximum atomic E-state index is 13.0. The fraction of sp³-hybridized carbons (Fsp3) is 0.571. The smallest absolute Gasteiger partial charge is 0.251 e. The third-order valence-electron chi connectivity index (χ3n) is 4.01. The van der Waals surface area contributed by atoms with Crippen LogP contribution in [0.4, 0.5) is 4.39 Å². The number of amides is 1. The fourth-order valence-electron chi connectivity index (χ4n) is 2.58. The molecule has 0 spiro atoms. The molecule has 1 N–H and O–H groups in total. The van der Waals surface area contributed by atoms with Crippen molar-refractivity contribution in [3.8, 4) is 0 Å². The highest BCUT2D eigenvalue weighted by molar-refractivity contribution is 5.94.